The first-order valence-electron chi connectivity index (χ1n) is 6.79. The Morgan fingerprint density at radius 3 is 3.17 bits per heavy atom. The molecule has 0 aliphatic carbocycles. The van der Waals surface area contributed by atoms with Gasteiger partial charge in [0.15, 0.2) is 0 Å². The van der Waals surface area contributed by atoms with Crippen molar-refractivity contribution in [1.82, 2.24) is 14.9 Å². The summed E-state index contributed by atoms with van der Waals surface area (Å²) in [6.07, 6.45) is 4.20. The number of fused-ring (bicyclic) bond motifs is 3. The maximum Gasteiger partial charge on any atom is 0.146 e. The summed E-state index contributed by atoms with van der Waals surface area (Å²) in [5.74, 6) is 1.21. The minimum atomic E-state index is 0.286. The van der Waals surface area contributed by atoms with Crippen LogP contribution in [0.15, 0.2) is 11.3 Å². The number of hydrogen-bond donors (Lipinski definition) is 2. The molecule has 1 fully saturated rings. The summed E-state index contributed by atoms with van der Waals surface area (Å²) in [7, 11) is 0. The molecule has 1 saturated heterocycles. The topological polar surface area (TPSA) is 68.2 Å². The second-order valence-electron chi connectivity index (χ2n) is 5.68. The Balaban J connectivity index is 2.02. The van der Waals surface area contributed by atoms with Gasteiger partial charge in [-0.25, -0.2) is 4.98 Å². The van der Waals surface area contributed by atoms with Crippen LogP contribution in [0.2, 0.25) is 0 Å². The van der Waals surface area contributed by atoms with Crippen molar-refractivity contribution in [1.29, 1.82) is 0 Å². The molecule has 2 unspecified atom stereocenters. The van der Waals surface area contributed by atoms with Crippen LogP contribution in [0.4, 0.5) is 0 Å². The highest BCUT2D eigenvalue weighted by atomic mass is 15.2. The molecule has 18 heavy (non-hydrogen) atoms. The molecule has 0 aromatic carbocycles. The van der Waals surface area contributed by atoms with Crippen molar-refractivity contribution in [3.05, 3.63) is 17.7 Å². The van der Waals surface area contributed by atoms with Crippen LogP contribution in [0, 0.1) is 5.92 Å². The van der Waals surface area contributed by atoms with E-state index in [-0.39, 0.29) is 6.04 Å². The summed E-state index contributed by atoms with van der Waals surface area (Å²) < 4.78 is 2.25. The molecule has 1 aromatic rings. The molecule has 98 valence electrons. The van der Waals surface area contributed by atoms with Crippen molar-refractivity contribution >= 4 is 5.84 Å². The Kier molecular flexibility index (Phi) is 2.86. The Morgan fingerprint density at radius 1 is 1.56 bits per heavy atom. The SMILES string of the molecule is CC(C)Cn1cnc2c1C1NCCCC1N=C2N. The van der Waals surface area contributed by atoms with Gasteiger partial charge < -0.3 is 15.6 Å². The molecule has 0 saturated carbocycles. The largest absolute Gasteiger partial charge is 0.382 e. The molecule has 0 radical (unpaired) electrons. The highest BCUT2D eigenvalue weighted by Gasteiger charge is 2.35. The number of amidine groups is 1. The molecule has 0 bridgehead atoms. The van der Waals surface area contributed by atoms with Gasteiger partial charge in [-0.05, 0) is 25.3 Å². The number of nitrogens with one attached hydrogen (secondary N) is 1. The summed E-state index contributed by atoms with van der Waals surface area (Å²) in [6, 6.07) is 0.580. The number of nitrogens with zero attached hydrogens (tertiary/aromatic N) is 3. The van der Waals surface area contributed by atoms with E-state index in [9.17, 15) is 0 Å². The first kappa shape index (κ1) is 11.7. The molecule has 2 aliphatic heterocycles. The number of aromatic nitrogens is 2. The van der Waals surface area contributed by atoms with Gasteiger partial charge in [0.05, 0.1) is 24.1 Å². The summed E-state index contributed by atoms with van der Waals surface area (Å²) in [5.41, 5.74) is 8.16. The summed E-state index contributed by atoms with van der Waals surface area (Å²) in [6.45, 7) is 6.49. The molecular weight excluding hydrogens is 226 g/mol. The first-order valence-corrected chi connectivity index (χ1v) is 6.79. The van der Waals surface area contributed by atoms with Gasteiger partial charge in [-0.2, -0.15) is 0 Å². The van der Waals surface area contributed by atoms with Gasteiger partial charge in [-0.3, -0.25) is 4.99 Å². The molecule has 5 heteroatoms. The molecule has 0 spiro atoms. The third kappa shape index (κ3) is 1.82. The molecule has 2 atom stereocenters. The third-order valence-corrected chi connectivity index (χ3v) is 3.71. The maximum absolute atomic E-state index is 6.04. The van der Waals surface area contributed by atoms with Crippen LogP contribution in [0.25, 0.3) is 0 Å². The lowest BCUT2D eigenvalue weighted by Gasteiger charge is -2.34. The Hall–Kier alpha value is -1.36. The highest BCUT2D eigenvalue weighted by molar-refractivity contribution is 5.98. The van der Waals surface area contributed by atoms with Gasteiger partial charge in [0, 0.05) is 6.54 Å². The van der Waals surface area contributed by atoms with Gasteiger partial charge >= 0.3 is 0 Å². The van der Waals surface area contributed by atoms with Crippen LogP contribution in [-0.2, 0) is 6.54 Å². The summed E-state index contributed by atoms with van der Waals surface area (Å²) in [5, 5.41) is 3.57. The molecule has 0 amide bonds. The van der Waals surface area contributed by atoms with Crippen LogP contribution in [0.5, 0.6) is 0 Å². The monoisotopic (exact) mass is 247 g/mol. The van der Waals surface area contributed by atoms with Crippen molar-refractivity contribution in [3.63, 3.8) is 0 Å². The Bertz CT molecular complexity index is 474. The fraction of sp³-hybridized carbons (Fsp3) is 0.692. The zero-order chi connectivity index (χ0) is 12.7. The van der Waals surface area contributed by atoms with E-state index in [1.54, 1.807) is 0 Å². The van der Waals surface area contributed by atoms with E-state index < -0.39 is 0 Å². The molecule has 2 aliphatic rings. The minimum absolute atomic E-state index is 0.286. The van der Waals surface area contributed by atoms with Crippen molar-refractivity contribution in [2.75, 3.05) is 6.54 Å². The zero-order valence-corrected chi connectivity index (χ0v) is 11.1. The number of nitrogens with two attached hydrogens (primary N) is 1. The van der Waals surface area contributed by atoms with Gasteiger partial charge in [0.2, 0.25) is 0 Å². The second kappa shape index (κ2) is 4.39. The predicted molar refractivity (Wildman–Crippen MR) is 71.6 cm³/mol. The van der Waals surface area contributed by atoms with E-state index in [0.29, 0.717) is 17.8 Å². The second-order valence-corrected chi connectivity index (χ2v) is 5.68. The van der Waals surface area contributed by atoms with E-state index in [4.69, 9.17) is 5.73 Å². The van der Waals surface area contributed by atoms with Crippen LogP contribution >= 0.6 is 0 Å². The van der Waals surface area contributed by atoms with Crippen LogP contribution in [0.1, 0.15) is 44.1 Å². The number of hydrogen-bond acceptors (Lipinski definition) is 4. The standard InChI is InChI=1S/C13H21N5/c1-8(2)6-18-7-16-11-12(18)10-9(17-13(11)14)4-3-5-15-10/h7-10,15H,3-6H2,1-2H3,(H2,14,17). The first-order chi connectivity index (χ1) is 8.66. The number of piperidine rings is 1. The molecule has 5 nitrogen and oxygen atoms in total. The van der Waals surface area contributed by atoms with E-state index in [1.807, 2.05) is 6.33 Å². The number of imidazole rings is 1. The zero-order valence-electron chi connectivity index (χ0n) is 11.1. The molecule has 3 heterocycles. The Morgan fingerprint density at radius 2 is 2.39 bits per heavy atom. The molecular formula is C13H21N5. The maximum atomic E-state index is 6.04. The van der Waals surface area contributed by atoms with Crippen molar-refractivity contribution in [2.24, 2.45) is 16.6 Å². The molecule has 3 rings (SSSR count). The van der Waals surface area contributed by atoms with Crippen LogP contribution in [0.3, 0.4) is 0 Å². The average molecular weight is 247 g/mol. The lowest BCUT2D eigenvalue weighted by molar-refractivity contribution is 0.336. The van der Waals surface area contributed by atoms with Crippen LogP contribution in [-0.4, -0.2) is 28.0 Å². The van der Waals surface area contributed by atoms with Crippen molar-refractivity contribution < 1.29 is 0 Å². The van der Waals surface area contributed by atoms with Gasteiger partial charge in [-0.15, -0.1) is 0 Å². The lowest BCUT2D eigenvalue weighted by atomic mass is 9.92. The van der Waals surface area contributed by atoms with E-state index in [0.717, 1.165) is 25.2 Å². The smallest absolute Gasteiger partial charge is 0.146 e. The van der Waals surface area contributed by atoms with Crippen molar-refractivity contribution in [3.8, 4) is 0 Å². The quantitative estimate of drug-likeness (QED) is 0.821. The summed E-state index contributed by atoms with van der Waals surface area (Å²) in [4.78, 5) is 9.04. The predicted octanol–water partition coefficient (Wildman–Crippen LogP) is 1.05. The van der Waals surface area contributed by atoms with E-state index in [1.165, 1.54) is 12.1 Å². The highest BCUT2D eigenvalue weighted by Crippen LogP contribution is 2.32. The fourth-order valence-electron chi connectivity index (χ4n) is 2.98. The lowest BCUT2D eigenvalue weighted by Crippen LogP contribution is -2.43. The van der Waals surface area contributed by atoms with E-state index in [2.05, 4.69) is 33.7 Å². The number of rotatable bonds is 2. The van der Waals surface area contributed by atoms with Gasteiger partial charge in [-0.1, -0.05) is 13.8 Å². The van der Waals surface area contributed by atoms with Crippen molar-refractivity contribution in [2.45, 2.75) is 45.3 Å². The van der Waals surface area contributed by atoms with E-state index >= 15 is 0 Å². The minimum Gasteiger partial charge on any atom is -0.382 e. The summed E-state index contributed by atoms with van der Waals surface area (Å²) >= 11 is 0. The normalized spacial score (nSPS) is 26.7. The Labute approximate surface area is 107 Å². The van der Waals surface area contributed by atoms with Crippen LogP contribution < -0.4 is 11.1 Å². The fourth-order valence-corrected chi connectivity index (χ4v) is 2.98. The third-order valence-electron chi connectivity index (χ3n) is 3.71. The molecule has 3 N–H and O–H groups in total. The van der Waals surface area contributed by atoms with Gasteiger partial charge in [0.1, 0.15) is 11.5 Å². The molecule has 1 aromatic heterocycles. The average Bonchev–Trinajstić information content (AvgIpc) is 2.73. The van der Waals surface area contributed by atoms with Gasteiger partial charge in [0.25, 0.3) is 0 Å². The number of aliphatic imine (C=N–C) groups is 1.